The van der Waals surface area contributed by atoms with E-state index < -0.39 is 0 Å². The van der Waals surface area contributed by atoms with E-state index in [1.807, 2.05) is 12.3 Å². The van der Waals surface area contributed by atoms with E-state index >= 15 is 0 Å². The van der Waals surface area contributed by atoms with Gasteiger partial charge in [0.1, 0.15) is 5.69 Å². The first-order valence-corrected chi connectivity index (χ1v) is 10.2. The van der Waals surface area contributed by atoms with Gasteiger partial charge in [-0.3, -0.25) is 14.1 Å². The summed E-state index contributed by atoms with van der Waals surface area (Å²) in [6.45, 7) is 7.59. The fraction of sp³-hybridized carbons (Fsp3) is 0.550. The van der Waals surface area contributed by atoms with Gasteiger partial charge in [0, 0.05) is 31.6 Å². The number of nitrogens with one attached hydrogen (secondary N) is 1. The van der Waals surface area contributed by atoms with Gasteiger partial charge in [0.2, 0.25) is 11.7 Å². The first kappa shape index (κ1) is 19.5. The minimum absolute atomic E-state index is 0.151. The number of likely N-dealkylation sites (tertiary alicyclic amines) is 1. The third-order valence-electron chi connectivity index (χ3n) is 5.18. The molecule has 29 heavy (non-hydrogen) atoms. The Balaban J connectivity index is 1.21. The molecule has 0 unspecified atom stereocenters. The summed E-state index contributed by atoms with van der Waals surface area (Å²) in [7, 11) is 0. The van der Waals surface area contributed by atoms with E-state index in [0.717, 1.165) is 50.6 Å². The quantitative estimate of drug-likeness (QED) is 0.650. The van der Waals surface area contributed by atoms with Gasteiger partial charge in [0.05, 0.1) is 6.54 Å². The maximum absolute atomic E-state index is 12.4. The number of carbonyl (C=O) groups is 1. The van der Waals surface area contributed by atoms with Gasteiger partial charge in [-0.15, -0.1) is 0 Å². The number of fused-ring (bicyclic) bond motifs is 1. The SMILES string of the molecule is CC(C)Cc1nc(CN2CCC(CNC(=O)c3cn4cccnc4n3)CC2)no1. The van der Waals surface area contributed by atoms with Gasteiger partial charge in [-0.05, 0) is 43.8 Å². The lowest BCUT2D eigenvalue weighted by Crippen LogP contribution is -2.38. The highest BCUT2D eigenvalue weighted by molar-refractivity contribution is 5.92. The molecule has 0 atom stereocenters. The summed E-state index contributed by atoms with van der Waals surface area (Å²) in [4.78, 5) is 27.6. The topological polar surface area (TPSA) is 101 Å². The van der Waals surface area contributed by atoms with Crippen LogP contribution in [-0.4, -0.2) is 55.0 Å². The zero-order valence-electron chi connectivity index (χ0n) is 16.9. The van der Waals surface area contributed by atoms with Crippen molar-refractivity contribution in [2.75, 3.05) is 19.6 Å². The fourth-order valence-electron chi connectivity index (χ4n) is 3.60. The van der Waals surface area contributed by atoms with E-state index in [4.69, 9.17) is 4.52 Å². The molecule has 3 aromatic rings. The average molecular weight is 397 g/mol. The van der Waals surface area contributed by atoms with Crippen molar-refractivity contribution in [3.8, 4) is 0 Å². The summed E-state index contributed by atoms with van der Waals surface area (Å²) in [6, 6.07) is 1.81. The number of hydrogen-bond acceptors (Lipinski definition) is 7. The fourth-order valence-corrected chi connectivity index (χ4v) is 3.60. The molecule has 1 amide bonds. The molecule has 1 aliphatic heterocycles. The Kier molecular flexibility index (Phi) is 5.84. The van der Waals surface area contributed by atoms with Crippen LogP contribution in [0.25, 0.3) is 5.78 Å². The molecule has 0 aromatic carbocycles. The van der Waals surface area contributed by atoms with Crippen LogP contribution < -0.4 is 5.32 Å². The molecule has 0 spiro atoms. The number of piperidine rings is 1. The normalized spacial score (nSPS) is 16.0. The van der Waals surface area contributed by atoms with Crippen LogP contribution >= 0.6 is 0 Å². The molecule has 4 rings (SSSR count). The van der Waals surface area contributed by atoms with Crippen LogP contribution in [0.15, 0.2) is 29.2 Å². The summed E-state index contributed by atoms with van der Waals surface area (Å²) in [5.41, 5.74) is 0.399. The predicted octanol–water partition coefficient (Wildman–Crippen LogP) is 1.95. The number of aromatic nitrogens is 5. The number of amides is 1. The van der Waals surface area contributed by atoms with Crippen molar-refractivity contribution in [2.45, 2.75) is 39.7 Å². The van der Waals surface area contributed by atoms with Crippen LogP contribution in [0.2, 0.25) is 0 Å². The van der Waals surface area contributed by atoms with Gasteiger partial charge < -0.3 is 9.84 Å². The Bertz CT molecular complexity index is 924. The minimum Gasteiger partial charge on any atom is -0.350 e. The second kappa shape index (κ2) is 8.69. The van der Waals surface area contributed by atoms with E-state index in [0.29, 0.717) is 29.9 Å². The molecule has 1 fully saturated rings. The van der Waals surface area contributed by atoms with Gasteiger partial charge in [-0.25, -0.2) is 9.97 Å². The predicted molar refractivity (Wildman–Crippen MR) is 106 cm³/mol. The Hall–Kier alpha value is -2.81. The largest absolute Gasteiger partial charge is 0.350 e. The number of imidazole rings is 1. The molecule has 1 aliphatic rings. The molecule has 0 bridgehead atoms. The van der Waals surface area contributed by atoms with E-state index in [2.05, 4.69) is 44.2 Å². The van der Waals surface area contributed by atoms with Crippen molar-refractivity contribution in [3.05, 3.63) is 42.1 Å². The van der Waals surface area contributed by atoms with Crippen LogP contribution in [0.4, 0.5) is 0 Å². The molecule has 0 radical (unpaired) electrons. The van der Waals surface area contributed by atoms with Gasteiger partial charge in [0.15, 0.2) is 5.82 Å². The lowest BCUT2D eigenvalue weighted by atomic mass is 9.97. The summed E-state index contributed by atoms with van der Waals surface area (Å²) in [5, 5.41) is 7.11. The van der Waals surface area contributed by atoms with Gasteiger partial charge in [-0.2, -0.15) is 4.98 Å². The Labute approximate surface area is 169 Å². The molecule has 4 heterocycles. The van der Waals surface area contributed by atoms with Crippen molar-refractivity contribution in [2.24, 2.45) is 11.8 Å². The Morgan fingerprint density at radius 2 is 2.14 bits per heavy atom. The summed E-state index contributed by atoms with van der Waals surface area (Å²) in [6.07, 6.45) is 8.08. The molecule has 0 aliphatic carbocycles. The van der Waals surface area contributed by atoms with E-state index in [9.17, 15) is 4.79 Å². The monoisotopic (exact) mass is 397 g/mol. The highest BCUT2D eigenvalue weighted by Crippen LogP contribution is 2.18. The maximum Gasteiger partial charge on any atom is 0.271 e. The van der Waals surface area contributed by atoms with Crippen LogP contribution in [0.1, 0.15) is 48.9 Å². The number of carbonyl (C=O) groups excluding carboxylic acids is 1. The highest BCUT2D eigenvalue weighted by Gasteiger charge is 2.22. The lowest BCUT2D eigenvalue weighted by Gasteiger charge is -2.31. The third-order valence-corrected chi connectivity index (χ3v) is 5.18. The molecule has 9 nitrogen and oxygen atoms in total. The highest BCUT2D eigenvalue weighted by atomic mass is 16.5. The van der Waals surface area contributed by atoms with Crippen LogP contribution in [0.5, 0.6) is 0 Å². The van der Waals surface area contributed by atoms with Crippen molar-refractivity contribution in [1.82, 2.24) is 34.7 Å². The average Bonchev–Trinajstić information content (AvgIpc) is 3.33. The molecule has 9 heteroatoms. The second-order valence-corrected chi connectivity index (χ2v) is 8.08. The van der Waals surface area contributed by atoms with Crippen molar-refractivity contribution < 1.29 is 9.32 Å². The lowest BCUT2D eigenvalue weighted by molar-refractivity contribution is 0.0930. The second-order valence-electron chi connectivity index (χ2n) is 8.08. The summed E-state index contributed by atoms with van der Waals surface area (Å²) >= 11 is 0. The number of nitrogens with zero attached hydrogens (tertiary/aromatic N) is 6. The van der Waals surface area contributed by atoms with E-state index in [1.54, 1.807) is 16.8 Å². The Morgan fingerprint density at radius 3 is 2.90 bits per heavy atom. The molecular formula is C20H27N7O2. The summed E-state index contributed by atoms with van der Waals surface area (Å²) in [5.74, 6) is 2.83. The van der Waals surface area contributed by atoms with E-state index in [-0.39, 0.29) is 5.91 Å². The van der Waals surface area contributed by atoms with Crippen LogP contribution in [0.3, 0.4) is 0 Å². The van der Waals surface area contributed by atoms with Gasteiger partial charge in [0.25, 0.3) is 5.91 Å². The third kappa shape index (κ3) is 4.97. The molecule has 0 saturated carbocycles. The molecular weight excluding hydrogens is 370 g/mol. The summed E-state index contributed by atoms with van der Waals surface area (Å²) < 4.78 is 7.07. The molecule has 1 saturated heterocycles. The maximum atomic E-state index is 12.4. The smallest absolute Gasteiger partial charge is 0.271 e. The van der Waals surface area contributed by atoms with Gasteiger partial charge >= 0.3 is 0 Å². The van der Waals surface area contributed by atoms with Gasteiger partial charge in [-0.1, -0.05) is 19.0 Å². The van der Waals surface area contributed by atoms with Crippen molar-refractivity contribution in [1.29, 1.82) is 0 Å². The number of hydrogen-bond donors (Lipinski definition) is 1. The number of rotatable bonds is 7. The van der Waals surface area contributed by atoms with Crippen LogP contribution in [-0.2, 0) is 13.0 Å². The zero-order valence-corrected chi connectivity index (χ0v) is 16.9. The first-order chi connectivity index (χ1) is 14.1. The van der Waals surface area contributed by atoms with Crippen molar-refractivity contribution >= 4 is 11.7 Å². The zero-order chi connectivity index (χ0) is 20.2. The standard InChI is InChI=1S/C20H27N7O2/c1-14(2)10-18-24-17(25-29-18)13-26-8-4-15(5-9-26)11-22-19(28)16-12-27-7-3-6-21-20(27)23-16/h3,6-7,12,14-15H,4-5,8-11,13H2,1-2H3,(H,22,28). The van der Waals surface area contributed by atoms with Crippen molar-refractivity contribution in [3.63, 3.8) is 0 Å². The molecule has 154 valence electrons. The van der Waals surface area contributed by atoms with E-state index in [1.165, 1.54) is 0 Å². The molecule has 1 N–H and O–H groups in total. The Morgan fingerprint density at radius 1 is 1.31 bits per heavy atom. The van der Waals surface area contributed by atoms with Crippen LogP contribution in [0, 0.1) is 11.8 Å². The minimum atomic E-state index is -0.151. The first-order valence-electron chi connectivity index (χ1n) is 10.2. The molecule has 3 aromatic heterocycles.